The predicted octanol–water partition coefficient (Wildman–Crippen LogP) is -1.02. The number of primary amides is 1. The number of likely N-dealkylation sites (tertiary alicyclic amines) is 1. The van der Waals surface area contributed by atoms with E-state index in [-0.39, 0.29) is 36.5 Å². The van der Waals surface area contributed by atoms with E-state index in [0.717, 1.165) is 0 Å². The van der Waals surface area contributed by atoms with Crippen LogP contribution in [0, 0.1) is 5.92 Å². The Morgan fingerprint density at radius 3 is 2.55 bits per heavy atom. The Morgan fingerprint density at radius 2 is 1.97 bits per heavy atom. The second kappa shape index (κ2) is 10.6. The van der Waals surface area contributed by atoms with Crippen molar-refractivity contribution >= 4 is 33.4 Å². The van der Waals surface area contributed by atoms with Crippen molar-refractivity contribution in [2.75, 3.05) is 44.4 Å². The fourth-order valence-corrected chi connectivity index (χ4v) is 5.64. The van der Waals surface area contributed by atoms with Gasteiger partial charge in [-0.1, -0.05) is 13.0 Å². The number of ether oxygens (including phenoxy) is 1. The van der Waals surface area contributed by atoms with Crippen LogP contribution in [0.15, 0.2) is 23.1 Å². The number of morpholine rings is 1. The molecule has 0 saturated carbocycles. The minimum Gasteiger partial charge on any atom is -0.396 e. The Kier molecular flexibility index (Phi) is 8.05. The number of piperidine rings is 1. The highest BCUT2D eigenvalue weighted by atomic mass is 32.2. The molecule has 2 heterocycles. The molecule has 0 radical (unpaired) electrons. The lowest BCUT2D eigenvalue weighted by atomic mass is 9.97. The number of carbonyl (C=O) groups is 3. The van der Waals surface area contributed by atoms with Crippen molar-refractivity contribution in [1.82, 2.24) is 9.62 Å². The summed E-state index contributed by atoms with van der Waals surface area (Å²) in [7, 11) is -4.33. The molecule has 1 aromatic rings. The third-order valence-corrected chi connectivity index (χ3v) is 7.52. The van der Waals surface area contributed by atoms with Gasteiger partial charge in [-0.3, -0.25) is 14.4 Å². The Hall–Kier alpha value is -2.54. The van der Waals surface area contributed by atoms with Crippen LogP contribution in [0.4, 0.5) is 5.69 Å². The van der Waals surface area contributed by atoms with Crippen molar-refractivity contribution in [2.24, 2.45) is 11.7 Å². The summed E-state index contributed by atoms with van der Waals surface area (Å²) in [6, 6.07) is 2.76. The second-order valence-corrected chi connectivity index (χ2v) is 9.80. The van der Waals surface area contributed by atoms with Crippen LogP contribution in [0.5, 0.6) is 0 Å². The number of aliphatic hydroxyl groups excluding tert-OH is 1. The van der Waals surface area contributed by atoms with Gasteiger partial charge in [0.2, 0.25) is 21.8 Å². The van der Waals surface area contributed by atoms with Crippen LogP contribution in [0.25, 0.3) is 0 Å². The largest absolute Gasteiger partial charge is 0.396 e. The van der Waals surface area contributed by atoms with E-state index in [1.165, 1.54) is 21.9 Å². The van der Waals surface area contributed by atoms with Gasteiger partial charge < -0.3 is 25.4 Å². The number of hydrogen-bond donors (Lipinski definition) is 3. The zero-order valence-corrected chi connectivity index (χ0v) is 19.3. The van der Waals surface area contributed by atoms with Gasteiger partial charge >= 0.3 is 0 Å². The fraction of sp³-hybridized carbons (Fsp3) is 0.571. The van der Waals surface area contributed by atoms with Gasteiger partial charge in [-0.25, -0.2) is 8.42 Å². The maximum absolute atomic E-state index is 13.3. The minimum atomic E-state index is -4.33. The van der Waals surface area contributed by atoms with E-state index in [2.05, 4.69) is 4.72 Å². The van der Waals surface area contributed by atoms with Crippen LogP contribution in [0.2, 0.25) is 0 Å². The minimum absolute atomic E-state index is 0.00961. The molecule has 2 aliphatic heterocycles. The molecule has 33 heavy (non-hydrogen) atoms. The molecule has 2 fully saturated rings. The van der Waals surface area contributed by atoms with Crippen LogP contribution in [0.3, 0.4) is 0 Å². The molecule has 1 atom stereocenters. The molecule has 2 saturated heterocycles. The van der Waals surface area contributed by atoms with Crippen LogP contribution >= 0.6 is 0 Å². The number of nitrogens with zero attached hydrogens (tertiary/aromatic N) is 2. The number of benzene rings is 1. The number of carbonyl (C=O) groups excluding carboxylic acids is 3. The number of amides is 3. The molecule has 3 amide bonds. The summed E-state index contributed by atoms with van der Waals surface area (Å²) >= 11 is 0. The van der Waals surface area contributed by atoms with E-state index >= 15 is 0 Å². The number of aliphatic hydroxyl groups is 1. The topological polar surface area (TPSA) is 159 Å². The highest BCUT2D eigenvalue weighted by Gasteiger charge is 2.36. The SMILES string of the molecule is CCc1c(N2CCOCC2=O)cccc1S(=O)(=O)N[C@@H](C(N)=O)C(=O)N1CCC(CO)CC1. The lowest BCUT2D eigenvalue weighted by Crippen LogP contribution is -2.56. The van der Waals surface area contributed by atoms with Crippen LogP contribution in [-0.2, 0) is 35.6 Å². The van der Waals surface area contributed by atoms with Gasteiger partial charge in [-0.2, -0.15) is 4.72 Å². The van der Waals surface area contributed by atoms with Crippen LogP contribution in [-0.4, -0.2) is 81.6 Å². The first-order valence-electron chi connectivity index (χ1n) is 10.9. The smallest absolute Gasteiger partial charge is 0.253 e. The molecule has 4 N–H and O–H groups in total. The maximum atomic E-state index is 13.3. The highest BCUT2D eigenvalue weighted by Crippen LogP contribution is 2.29. The Labute approximate surface area is 192 Å². The van der Waals surface area contributed by atoms with Crippen molar-refractivity contribution in [3.8, 4) is 0 Å². The van der Waals surface area contributed by atoms with Crippen molar-refractivity contribution in [2.45, 2.75) is 37.1 Å². The zero-order valence-electron chi connectivity index (χ0n) is 18.5. The molecule has 0 unspecified atom stereocenters. The van der Waals surface area contributed by atoms with Gasteiger partial charge in [-0.05, 0) is 42.9 Å². The zero-order chi connectivity index (χ0) is 24.2. The summed E-state index contributed by atoms with van der Waals surface area (Å²) < 4.78 is 33.9. The van der Waals surface area contributed by atoms with Gasteiger partial charge in [0.05, 0.1) is 11.5 Å². The van der Waals surface area contributed by atoms with Crippen molar-refractivity contribution in [3.05, 3.63) is 23.8 Å². The first-order chi connectivity index (χ1) is 15.7. The summed E-state index contributed by atoms with van der Waals surface area (Å²) in [5, 5.41) is 9.27. The van der Waals surface area contributed by atoms with Gasteiger partial charge in [0.1, 0.15) is 6.61 Å². The Morgan fingerprint density at radius 1 is 1.27 bits per heavy atom. The monoisotopic (exact) mass is 482 g/mol. The number of rotatable bonds is 8. The maximum Gasteiger partial charge on any atom is 0.253 e. The van der Waals surface area contributed by atoms with Crippen molar-refractivity contribution in [3.63, 3.8) is 0 Å². The summed E-state index contributed by atoms with van der Waals surface area (Å²) in [6.07, 6.45) is 1.40. The summed E-state index contributed by atoms with van der Waals surface area (Å²) in [5.41, 5.74) is 6.23. The predicted molar refractivity (Wildman–Crippen MR) is 119 cm³/mol. The lowest BCUT2D eigenvalue weighted by Gasteiger charge is -2.33. The second-order valence-electron chi connectivity index (χ2n) is 8.11. The molecule has 0 aromatic heterocycles. The van der Waals surface area contributed by atoms with Gasteiger partial charge in [0.15, 0.2) is 6.04 Å². The number of nitrogens with two attached hydrogens (primary N) is 1. The quantitative estimate of drug-likeness (QED) is 0.400. The van der Waals surface area contributed by atoms with E-state index in [0.29, 0.717) is 50.2 Å². The van der Waals surface area contributed by atoms with E-state index < -0.39 is 27.9 Å². The molecular formula is C21H30N4O7S. The third-order valence-electron chi connectivity index (χ3n) is 6.02. The molecule has 0 aliphatic carbocycles. The third kappa shape index (κ3) is 5.52. The molecule has 11 nitrogen and oxygen atoms in total. The van der Waals surface area contributed by atoms with Crippen LogP contribution < -0.4 is 15.4 Å². The number of anilines is 1. The lowest BCUT2D eigenvalue weighted by molar-refractivity contribution is -0.139. The normalized spacial score (nSPS) is 18.9. The molecule has 3 rings (SSSR count). The van der Waals surface area contributed by atoms with E-state index in [4.69, 9.17) is 10.5 Å². The number of nitrogens with one attached hydrogen (secondary N) is 1. The summed E-state index contributed by atoms with van der Waals surface area (Å²) in [4.78, 5) is 40.0. The average molecular weight is 483 g/mol. The summed E-state index contributed by atoms with van der Waals surface area (Å²) in [5.74, 6) is -2.05. The summed E-state index contributed by atoms with van der Waals surface area (Å²) in [6.45, 7) is 2.88. The van der Waals surface area contributed by atoms with Crippen LogP contribution in [0.1, 0.15) is 25.3 Å². The van der Waals surface area contributed by atoms with E-state index in [1.54, 1.807) is 13.0 Å². The highest BCUT2D eigenvalue weighted by molar-refractivity contribution is 7.89. The molecular weight excluding hydrogens is 452 g/mol. The Bertz CT molecular complexity index is 1010. The molecule has 2 aliphatic rings. The standard InChI is InChI=1S/C21H30N4O7S/c1-2-15-16(25-10-11-32-13-18(25)27)4-3-5-17(15)33(30,31)23-19(20(22)28)21(29)24-8-6-14(12-26)7-9-24/h3-5,14,19,23,26H,2,6-13H2,1H3,(H2,22,28)/t19-/m0/s1. The fourth-order valence-electron chi connectivity index (χ4n) is 4.15. The molecule has 12 heteroatoms. The molecule has 1 aromatic carbocycles. The first kappa shape index (κ1) is 25.1. The van der Waals surface area contributed by atoms with Crippen molar-refractivity contribution in [1.29, 1.82) is 0 Å². The number of hydrogen-bond acceptors (Lipinski definition) is 7. The molecule has 182 valence electrons. The van der Waals surface area contributed by atoms with E-state index in [1.807, 2.05) is 0 Å². The van der Waals surface area contributed by atoms with Gasteiger partial charge in [0, 0.05) is 31.9 Å². The molecule has 0 bridgehead atoms. The Balaban J connectivity index is 1.88. The number of sulfonamides is 1. The van der Waals surface area contributed by atoms with E-state index in [9.17, 15) is 27.9 Å². The average Bonchev–Trinajstić information content (AvgIpc) is 2.82. The molecule has 0 spiro atoms. The first-order valence-corrected chi connectivity index (χ1v) is 12.4. The van der Waals surface area contributed by atoms with Crippen molar-refractivity contribution < 1.29 is 32.6 Å². The van der Waals surface area contributed by atoms with Gasteiger partial charge in [0.25, 0.3) is 5.91 Å². The van der Waals surface area contributed by atoms with Gasteiger partial charge in [-0.15, -0.1) is 0 Å².